The van der Waals surface area contributed by atoms with Crippen LogP contribution in [0.15, 0.2) is 34.9 Å². The molecule has 0 N–H and O–H groups in total. The van der Waals surface area contributed by atoms with E-state index in [1.807, 2.05) is 10.8 Å². The number of aromatic nitrogens is 2. The Morgan fingerprint density at radius 3 is 3.17 bits per heavy atom. The number of rotatable bonds is 3. The zero-order chi connectivity index (χ0) is 8.97. The number of allylic oxidation sites excluding steroid dienone is 1. The number of hydrogen-bond acceptors (Lipinski definition) is 3. The lowest BCUT2D eigenvalue weighted by atomic mass is 10.5. The molecule has 0 spiro atoms. The Morgan fingerprint density at radius 2 is 2.58 bits per heavy atom. The highest BCUT2D eigenvalue weighted by Gasteiger charge is 1.97. The third-order valence-corrected chi connectivity index (χ3v) is 2.05. The normalized spacial score (nSPS) is 9.75. The van der Waals surface area contributed by atoms with E-state index in [2.05, 4.69) is 11.6 Å². The zero-order valence-electron chi connectivity index (χ0n) is 6.86. The third-order valence-electron chi connectivity index (χ3n) is 1.36. The van der Waals surface area contributed by atoms with Gasteiger partial charge in [-0.3, -0.25) is 4.79 Å². The van der Waals surface area contributed by atoms with Crippen LogP contribution >= 0.6 is 11.8 Å². The summed E-state index contributed by atoms with van der Waals surface area (Å²) >= 11 is 1.45. The molecule has 0 bridgehead atoms. The highest BCUT2D eigenvalue weighted by atomic mass is 32.2. The van der Waals surface area contributed by atoms with E-state index in [0.717, 1.165) is 5.16 Å². The molecule has 1 rings (SSSR count). The summed E-state index contributed by atoms with van der Waals surface area (Å²) in [5.74, 6) is 0. The van der Waals surface area contributed by atoms with E-state index in [1.54, 1.807) is 12.3 Å². The predicted octanol–water partition coefficient (Wildman–Crippen LogP) is 1.15. The van der Waals surface area contributed by atoms with Crippen molar-refractivity contribution in [2.75, 3.05) is 6.26 Å². The fraction of sp³-hybridized carbons (Fsp3) is 0.250. The van der Waals surface area contributed by atoms with E-state index in [9.17, 15) is 4.79 Å². The maximum atomic E-state index is 10.8. The van der Waals surface area contributed by atoms with Gasteiger partial charge in [0.2, 0.25) is 0 Å². The van der Waals surface area contributed by atoms with Crippen LogP contribution < -0.4 is 5.56 Å². The van der Waals surface area contributed by atoms with Crippen LogP contribution in [0.3, 0.4) is 0 Å². The average Bonchev–Trinajstić information content (AvgIpc) is 2.08. The quantitative estimate of drug-likeness (QED) is 0.399. The van der Waals surface area contributed by atoms with E-state index in [0.29, 0.717) is 6.54 Å². The minimum Gasteiger partial charge on any atom is -0.323 e. The second-order valence-corrected chi connectivity index (χ2v) is 2.97. The molecule has 0 aliphatic heterocycles. The van der Waals surface area contributed by atoms with Crippen molar-refractivity contribution < 1.29 is 0 Å². The first-order valence-electron chi connectivity index (χ1n) is 3.50. The average molecular weight is 182 g/mol. The van der Waals surface area contributed by atoms with Gasteiger partial charge >= 0.3 is 0 Å². The van der Waals surface area contributed by atoms with Crippen LogP contribution in [-0.2, 0) is 6.54 Å². The summed E-state index contributed by atoms with van der Waals surface area (Å²) in [6.07, 6.45) is 5.39. The van der Waals surface area contributed by atoms with E-state index in [-0.39, 0.29) is 5.56 Å². The second kappa shape index (κ2) is 4.11. The lowest BCUT2D eigenvalue weighted by molar-refractivity contribution is 0.677. The van der Waals surface area contributed by atoms with E-state index in [4.69, 9.17) is 0 Å². The molecule has 0 radical (unpaired) electrons. The van der Waals surface area contributed by atoms with Gasteiger partial charge in [-0.15, -0.1) is 6.58 Å². The van der Waals surface area contributed by atoms with Crippen molar-refractivity contribution in [1.29, 1.82) is 0 Å². The summed E-state index contributed by atoms with van der Waals surface area (Å²) in [4.78, 5) is 14.7. The molecule has 0 atom stereocenters. The van der Waals surface area contributed by atoms with Gasteiger partial charge < -0.3 is 4.57 Å². The van der Waals surface area contributed by atoms with Gasteiger partial charge in [-0.2, -0.15) is 4.98 Å². The summed E-state index contributed by atoms with van der Waals surface area (Å²) in [5.41, 5.74) is -0.195. The minimum atomic E-state index is -0.195. The molecule has 0 aliphatic carbocycles. The smallest absolute Gasteiger partial charge is 0.273 e. The molecular weight excluding hydrogens is 172 g/mol. The molecule has 1 heterocycles. The fourth-order valence-electron chi connectivity index (χ4n) is 0.854. The van der Waals surface area contributed by atoms with Gasteiger partial charge in [0.05, 0.1) is 0 Å². The molecule has 12 heavy (non-hydrogen) atoms. The zero-order valence-corrected chi connectivity index (χ0v) is 7.67. The standard InChI is InChI=1S/C8H10N2OS/c1-3-5-10-6-4-7(11)9-8(10)12-2/h3-4,6H,1,5H2,2H3. The van der Waals surface area contributed by atoms with Crippen molar-refractivity contribution in [3.05, 3.63) is 35.3 Å². The number of thioether (sulfide) groups is 1. The topological polar surface area (TPSA) is 34.9 Å². The molecule has 0 unspecified atom stereocenters. The molecule has 0 saturated carbocycles. The van der Waals surface area contributed by atoms with E-state index >= 15 is 0 Å². The van der Waals surface area contributed by atoms with Crippen molar-refractivity contribution >= 4 is 11.8 Å². The van der Waals surface area contributed by atoms with Crippen LogP contribution in [0, 0.1) is 0 Å². The van der Waals surface area contributed by atoms with Crippen molar-refractivity contribution in [2.24, 2.45) is 0 Å². The molecule has 0 aromatic carbocycles. The van der Waals surface area contributed by atoms with Gasteiger partial charge in [0, 0.05) is 18.8 Å². The molecule has 4 heteroatoms. The van der Waals surface area contributed by atoms with Crippen LogP contribution in [0.1, 0.15) is 0 Å². The van der Waals surface area contributed by atoms with Crippen LogP contribution in [-0.4, -0.2) is 15.8 Å². The maximum Gasteiger partial charge on any atom is 0.273 e. The number of hydrogen-bond donors (Lipinski definition) is 0. The number of nitrogens with zero attached hydrogens (tertiary/aromatic N) is 2. The SMILES string of the molecule is C=CCn1ccc(=O)nc1SC. The predicted molar refractivity (Wildman–Crippen MR) is 50.5 cm³/mol. The first kappa shape index (κ1) is 9.06. The van der Waals surface area contributed by atoms with Crippen molar-refractivity contribution in [1.82, 2.24) is 9.55 Å². The van der Waals surface area contributed by atoms with Gasteiger partial charge in [-0.1, -0.05) is 17.8 Å². The Kier molecular flexibility index (Phi) is 3.10. The third kappa shape index (κ3) is 1.98. The summed E-state index contributed by atoms with van der Waals surface area (Å²) < 4.78 is 1.87. The molecule has 0 saturated heterocycles. The van der Waals surface area contributed by atoms with Crippen LogP contribution in [0.5, 0.6) is 0 Å². The fourth-order valence-corrected chi connectivity index (χ4v) is 1.41. The first-order chi connectivity index (χ1) is 5.77. The Hall–Kier alpha value is -1.03. The lowest BCUT2D eigenvalue weighted by Crippen LogP contribution is -2.12. The minimum absolute atomic E-state index is 0.195. The molecule has 0 amide bonds. The molecule has 0 aliphatic rings. The van der Waals surface area contributed by atoms with E-state index in [1.165, 1.54) is 17.8 Å². The highest BCUT2D eigenvalue weighted by molar-refractivity contribution is 7.98. The van der Waals surface area contributed by atoms with Crippen molar-refractivity contribution in [3.63, 3.8) is 0 Å². The summed E-state index contributed by atoms with van der Waals surface area (Å²) in [5, 5.41) is 0.724. The van der Waals surface area contributed by atoms with Gasteiger partial charge in [0.25, 0.3) is 5.56 Å². The Balaban J connectivity index is 3.10. The molecule has 0 fully saturated rings. The second-order valence-electron chi connectivity index (χ2n) is 2.19. The van der Waals surface area contributed by atoms with Crippen LogP contribution in [0.4, 0.5) is 0 Å². The summed E-state index contributed by atoms with van der Waals surface area (Å²) in [6, 6.07) is 1.45. The van der Waals surface area contributed by atoms with Gasteiger partial charge in [-0.25, -0.2) is 0 Å². The molecule has 64 valence electrons. The highest BCUT2D eigenvalue weighted by Crippen LogP contribution is 2.08. The van der Waals surface area contributed by atoms with Crippen LogP contribution in [0.2, 0.25) is 0 Å². The van der Waals surface area contributed by atoms with Gasteiger partial charge in [0.15, 0.2) is 5.16 Å². The largest absolute Gasteiger partial charge is 0.323 e. The first-order valence-corrected chi connectivity index (χ1v) is 4.72. The van der Waals surface area contributed by atoms with Gasteiger partial charge in [0.1, 0.15) is 0 Å². The molecule has 1 aromatic heterocycles. The van der Waals surface area contributed by atoms with Gasteiger partial charge in [-0.05, 0) is 6.26 Å². The maximum absolute atomic E-state index is 10.8. The van der Waals surface area contributed by atoms with Crippen molar-refractivity contribution in [3.8, 4) is 0 Å². The Morgan fingerprint density at radius 1 is 1.83 bits per heavy atom. The van der Waals surface area contributed by atoms with E-state index < -0.39 is 0 Å². The summed E-state index contributed by atoms with van der Waals surface area (Å²) in [7, 11) is 0. The lowest BCUT2D eigenvalue weighted by Gasteiger charge is -2.05. The summed E-state index contributed by atoms with van der Waals surface area (Å²) in [6.45, 7) is 4.30. The monoisotopic (exact) mass is 182 g/mol. The van der Waals surface area contributed by atoms with Crippen LogP contribution in [0.25, 0.3) is 0 Å². The Bertz CT molecular complexity index is 332. The molecular formula is C8H10N2OS. The van der Waals surface area contributed by atoms with Crippen molar-refractivity contribution in [2.45, 2.75) is 11.7 Å². The Labute approximate surface area is 75.1 Å². The molecule has 3 nitrogen and oxygen atoms in total. The molecule has 1 aromatic rings.